The van der Waals surface area contributed by atoms with Crippen LogP contribution < -0.4 is 10.2 Å². The SMILES string of the molecule is COC(=O)CCCCCNC(=S)N1CC[NH+](Cc2ccncc2)CC1. The van der Waals surface area contributed by atoms with Crippen LogP contribution in [0.1, 0.15) is 31.2 Å². The van der Waals surface area contributed by atoms with Crippen molar-refractivity contribution >= 4 is 23.3 Å². The van der Waals surface area contributed by atoms with Gasteiger partial charge in [-0.2, -0.15) is 0 Å². The van der Waals surface area contributed by atoms with Crippen LogP contribution in [0.15, 0.2) is 24.5 Å². The second-order valence-corrected chi connectivity index (χ2v) is 6.77. The van der Waals surface area contributed by atoms with Crippen molar-refractivity contribution in [2.45, 2.75) is 32.2 Å². The van der Waals surface area contributed by atoms with Crippen molar-refractivity contribution in [2.24, 2.45) is 0 Å². The number of unbranched alkanes of at least 4 members (excludes halogenated alkanes) is 2. The van der Waals surface area contributed by atoms with E-state index < -0.39 is 0 Å². The number of aromatic nitrogens is 1. The van der Waals surface area contributed by atoms with Crippen LogP contribution in [0.25, 0.3) is 0 Å². The number of carbonyl (C=O) groups excluding carboxylic acids is 1. The molecule has 0 amide bonds. The van der Waals surface area contributed by atoms with Crippen molar-refractivity contribution in [3.05, 3.63) is 30.1 Å². The largest absolute Gasteiger partial charge is 0.469 e. The average Bonchev–Trinajstić information content (AvgIpc) is 2.65. The van der Waals surface area contributed by atoms with E-state index in [1.807, 2.05) is 12.4 Å². The van der Waals surface area contributed by atoms with E-state index in [1.165, 1.54) is 12.7 Å². The molecule has 7 heteroatoms. The molecule has 0 spiro atoms. The molecule has 1 fully saturated rings. The van der Waals surface area contributed by atoms with Crippen LogP contribution in [-0.2, 0) is 16.1 Å². The van der Waals surface area contributed by atoms with Gasteiger partial charge in [0.1, 0.15) is 6.54 Å². The Balaban J connectivity index is 1.56. The molecule has 1 saturated heterocycles. The zero-order valence-corrected chi connectivity index (χ0v) is 15.8. The molecule has 2 rings (SSSR count). The fourth-order valence-electron chi connectivity index (χ4n) is 2.97. The third kappa shape index (κ3) is 7.36. The van der Waals surface area contributed by atoms with Crippen molar-refractivity contribution < 1.29 is 14.4 Å². The first-order valence-corrected chi connectivity index (χ1v) is 9.42. The summed E-state index contributed by atoms with van der Waals surface area (Å²) in [5.41, 5.74) is 1.34. The Kier molecular flexibility index (Phi) is 8.62. The quantitative estimate of drug-likeness (QED) is 0.395. The van der Waals surface area contributed by atoms with Crippen LogP contribution in [0, 0.1) is 0 Å². The minimum absolute atomic E-state index is 0.129. The summed E-state index contributed by atoms with van der Waals surface area (Å²) in [7, 11) is 1.43. The smallest absolute Gasteiger partial charge is 0.305 e. The van der Waals surface area contributed by atoms with Gasteiger partial charge in [-0.15, -0.1) is 0 Å². The minimum atomic E-state index is -0.129. The number of quaternary nitrogens is 1. The highest BCUT2D eigenvalue weighted by molar-refractivity contribution is 7.80. The predicted octanol–water partition coefficient (Wildman–Crippen LogP) is 0.390. The highest BCUT2D eigenvalue weighted by Crippen LogP contribution is 2.01. The van der Waals surface area contributed by atoms with Crippen LogP contribution in [-0.4, -0.2) is 60.8 Å². The molecule has 2 heterocycles. The van der Waals surface area contributed by atoms with Crippen LogP contribution in [0.3, 0.4) is 0 Å². The zero-order valence-electron chi connectivity index (χ0n) is 15.0. The van der Waals surface area contributed by atoms with Crippen molar-refractivity contribution in [3.63, 3.8) is 0 Å². The standard InChI is InChI=1S/C18H28N4O2S/c1-24-17(23)5-3-2-4-8-20-18(25)22-13-11-21(12-14-22)15-16-6-9-19-10-7-16/h6-7,9-10H,2-5,8,11-15H2,1H3,(H,20,25)/p+1. The summed E-state index contributed by atoms with van der Waals surface area (Å²) >= 11 is 5.50. The number of rotatable bonds is 8. The number of ether oxygens (including phenoxy) is 1. The Morgan fingerprint density at radius 2 is 2.00 bits per heavy atom. The normalized spacial score (nSPS) is 15.0. The molecule has 1 aliphatic rings. The van der Waals surface area contributed by atoms with Crippen LogP contribution in [0.5, 0.6) is 0 Å². The molecular formula is C18H29N4O2S+. The Labute approximate surface area is 155 Å². The lowest BCUT2D eigenvalue weighted by atomic mass is 10.2. The molecule has 1 aromatic rings. The average molecular weight is 366 g/mol. The molecule has 138 valence electrons. The summed E-state index contributed by atoms with van der Waals surface area (Å²) in [5.74, 6) is -0.129. The van der Waals surface area contributed by atoms with Gasteiger partial charge >= 0.3 is 5.97 Å². The number of carbonyl (C=O) groups is 1. The van der Waals surface area contributed by atoms with Gasteiger partial charge in [0, 0.05) is 30.9 Å². The number of pyridine rings is 1. The van der Waals surface area contributed by atoms with Crippen molar-refractivity contribution in [3.8, 4) is 0 Å². The maximum absolute atomic E-state index is 11.0. The van der Waals surface area contributed by atoms with Crippen molar-refractivity contribution in [1.29, 1.82) is 0 Å². The maximum Gasteiger partial charge on any atom is 0.305 e. The predicted molar refractivity (Wildman–Crippen MR) is 101 cm³/mol. The first-order valence-electron chi connectivity index (χ1n) is 9.01. The van der Waals surface area contributed by atoms with Gasteiger partial charge in [0.15, 0.2) is 5.11 Å². The van der Waals surface area contributed by atoms with Gasteiger partial charge in [-0.05, 0) is 37.2 Å². The van der Waals surface area contributed by atoms with Crippen LogP contribution >= 0.6 is 12.2 Å². The lowest BCUT2D eigenvalue weighted by molar-refractivity contribution is -0.917. The third-order valence-corrected chi connectivity index (χ3v) is 4.93. The summed E-state index contributed by atoms with van der Waals surface area (Å²) in [6.45, 7) is 6.11. The molecular weight excluding hydrogens is 336 g/mol. The summed E-state index contributed by atoms with van der Waals surface area (Å²) in [6, 6.07) is 4.18. The van der Waals surface area contributed by atoms with Gasteiger partial charge in [0.2, 0.25) is 0 Å². The summed E-state index contributed by atoms with van der Waals surface area (Å²) in [5, 5.41) is 4.20. The van der Waals surface area contributed by atoms with Gasteiger partial charge in [0.05, 0.1) is 33.3 Å². The molecule has 0 atom stereocenters. The zero-order chi connectivity index (χ0) is 17.9. The van der Waals surface area contributed by atoms with Gasteiger partial charge in [-0.1, -0.05) is 6.42 Å². The first-order chi connectivity index (χ1) is 12.2. The number of hydrogen-bond donors (Lipinski definition) is 2. The van der Waals surface area contributed by atoms with E-state index in [0.29, 0.717) is 6.42 Å². The van der Waals surface area contributed by atoms with Crippen LogP contribution in [0.4, 0.5) is 0 Å². The van der Waals surface area contributed by atoms with Crippen LogP contribution in [0.2, 0.25) is 0 Å². The third-order valence-electron chi connectivity index (χ3n) is 4.52. The molecule has 0 unspecified atom stereocenters. The monoisotopic (exact) mass is 365 g/mol. The second kappa shape index (κ2) is 11.0. The number of nitrogens with zero attached hydrogens (tertiary/aromatic N) is 2. The number of thiocarbonyl (C=S) groups is 1. The van der Waals surface area contributed by atoms with E-state index in [2.05, 4.69) is 32.1 Å². The molecule has 1 aliphatic heterocycles. The fourth-order valence-corrected chi connectivity index (χ4v) is 3.26. The van der Waals surface area contributed by atoms with E-state index in [9.17, 15) is 4.79 Å². The summed E-state index contributed by atoms with van der Waals surface area (Å²) in [4.78, 5) is 19.0. The Hall–Kier alpha value is -1.73. The maximum atomic E-state index is 11.0. The molecule has 2 N–H and O–H groups in total. The number of hydrogen-bond acceptors (Lipinski definition) is 4. The Morgan fingerprint density at radius 1 is 1.28 bits per heavy atom. The Bertz CT molecular complexity index is 533. The number of methoxy groups -OCH3 is 1. The number of esters is 1. The molecule has 0 saturated carbocycles. The van der Waals surface area contributed by atoms with E-state index in [4.69, 9.17) is 12.2 Å². The first kappa shape index (κ1) is 19.6. The highest BCUT2D eigenvalue weighted by atomic mass is 32.1. The fraction of sp³-hybridized carbons (Fsp3) is 0.611. The van der Waals surface area contributed by atoms with Crippen molar-refractivity contribution in [1.82, 2.24) is 15.2 Å². The molecule has 25 heavy (non-hydrogen) atoms. The minimum Gasteiger partial charge on any atom is -0.469 e. The summed E-state index contributed by atoms with van der Waals surface area (Å²) < 4.78 is 4.63. The molecule has 1 aromatic heterocycles. The van der Waals surface area contributed by atoms with E-state index in [0.717, 1.165) is 63.6 Å². The molecule has 0 aliphatic carbocycles. The molecule has 0 bridgehead atoms. The van der Waals surface area contributed by atoms with Gasteiger partial charge < -0.3 is 19.9 Å². The number of nitrogens with one attached hydrogen (secondary N) is 2. The van der Waals surface area contributed by atoms with E-state index in [1.54, 1.807) is 4.90 Å². The molecule has 0 radical (unpaired) electrons. The molecule has 6 nitrogen and oxygen atoms in total. The molecule has 0 aromatic carbocycles. The van der Waals surface area contributed by atoms with Gasteiger partial charge in [-0.3, -0.25) is 9.78 Å². The van der Waals surface area contributed by atoms with E-state index >= 15 is 0 Å². The topological polar surface area (TPSA) is 58.9 Å². The highest BCUT2D eigenvalue weighted by Gasteiger charge is 2.21. The Morgan fingerprint density at radius 3 is 2.68 bits per heavy atom. The number of piperazine rings is 1. The van der Waals surface area contributed by atoms with Crippen molar-refractivity contribution in [2.75, 3.05) is 39.8 Å². The lowest BCUT2D eigenvalue weighted by Gasteiger charge is -2.34. The lowest BCUT2D eigenvalue weighted by Crippen LogP contribution is -3.13. The van der Waals surface area contributed by atoms with Gasteiger partial charge in [-0.25, -0.2) is 0 Å². The van der Waals surface area contributed by atoms with Gasteiger partial charge in [0.25, 0.3) is 0 Å². The summed E-state index contributed by atoms with van der Waals surface area (Å²) in [6.07, 6.45) is 7.12. The second-order valence-electron chi connectivity index (χ2n) is 6.39. The van der Waals surface area contributed by atoms with E-state index in [-0.39, 0.29) is 5.97 Å².